The zero-order valence-corrected chi connectivity index (χ0v) is 10.4. The van der Waals surface area contributed by atoms with Crippen LogP contribution in [0.5, 0.6) is 11.5 Å². The lowest BCUT2D eigenvalue weighted by Gasteiger charge is -2.16. The Labute approximate surface area is 101 Å². The molecule has 0 spiro atoms. The molecule has 0 radical (unpaired) electrons. The third kappa shape index (κ3) is 3.11. The van der Waals surface area contributed by atoms with Crippen LogP contribution >= 0.6 is 0 Å². The van der Waals surface area contributed by atoms with Gasteiger partial charge in [-0.25, -0.2) is 0 Å². The van der Waals surface area contributed by atoms with Crippen LogP contribution in [-0.4, -0.2) is 33.5 Å². The lowest BCUT2D eigenvalue weighted by atomic mass is 10.1. The highest BCUT2D eigenvalue weighted by Crippen LogP contribution is 2.31. The van der Waals surface area contributed by atoms with Crippen molar-refractivity contribution in [2.45, 2.75) is 19.1 Å². The summed E-state index contributed by atoms with van der Waals surface area (Å²) >= 11 is 0. The minimum atomic E-state index is -0.0138. The van der Waals surface area contributed by atoms with Crippen LogP contribution in [0.4, 0.5) is 0 Å². The lowest BCUT2D eigenvalue weighted by Crippen LogP contribution is -2.07. The van der Waals surface area contributed by atoms with Gasteiger partial charge in [0.05, 0.1) is 33.5 Å². The van der Waals surface area contributed by atoms with Crippen molar-refractivity contribution in [3.05, 3.63) is 23.8 Å². The highest BCUT2D eigenvalue weighted by Gasteiger charge is 2.24. The molecule has 94 valence electrons. The fourth-order valence-corrected chi connectivity index (χ4v) is 1.66. The van der Waals surface area contributed by atoms with Crippen molar-refractivity contribution in [3.63, 3.8) is 0 Å². The molecule has 0 N–H and O–H groups in total. The van der Waals surface area contributed by atoms with Crippen molar-refractivity contribution in [1.29, 1.82) is 0 Å². The van der Waals surface area contributed by atoms with E-state index in [1.807, 2.05) is 25.1 Å². The zero-order valence-electron chi connectivity index (χ0n) is 10.4. The Morgan fingerprint density at radius 1 is 1.35 bits per heavy atom. The van der Waals surface area contributed by atoms with Crippen LogP contribution in [0.15, 0.2) is 18.2 Å². The Kier molecular flexibility index (Phi) is 3.86. The van der Waals surface area contributed by atoms with E-state index in [0.717, 1.165) is 23.7 Å². The fourth-order valence-electron chi connectivity index (χ4n) is 1.66. The van der Waals surface area contributed by atoms with Gasteiger partial charge in [-0.15, -0.1) is 0 Å². The molecule has 0 bridgehead atoms. The summed E-state index contributed by atoms with van der Waals surface area (Å²) in [6.07, 6.45) is 0.266. The summed E-state index contributed by atoms with van der Waals surface area (Å²) in [6.45, 7) is 3.45. The topological polar surface area (TPSA) is 40.2 Å². The van der Waals surface area contributed by atoms with Gasteiger partial charge in [-0.3, -0.25) is 0 Å². The average molecular weight is 238 g/mol. The summed E-state index contributed by atoms with van der Waals surface area (Å²) < 4.78 is 21.3. The molecule has 4 heteroatoms. The van der Waals surface area contributed by atoms with Crippen LogP contribution in [0.25, 0.3) is 0 Å². The van der Waals surface area contributed by atoms with Crippen molar-refractivity contribution in [2.24, 2.45) is 0 Å². The molecular formula is C13H18O4. The minimum Gasteiger partial charge on any atom is -0.497 e. The van der Waals surface area contributed by atoms with Gasteiger partial charge in [0, 0.05) is 11.6 Å². The summed E-state index contributed by atoms with van der Waals surface area (Å²) in [5.41, 5.74) is 1.02. The van der Waals surface area contributed by atoms with Crippen molar-refractivity contribution in [1.82, 2.24) is 0 Å². The number of hydrogen-bond donors (Lipinski definition) is 0. The summed E-state index contributed by atoms with van der Waals surface area (Å²) in [6, 6.07) is 5.74. The van der Waals surface area contributed by atoms with Gasteiger partial charge in [0.25, 0.3) is 0 Å². The normalized spacial score (nSPS) is 19.8. The van der Waals surface area contributed by atoms with Gasteiger partial charge in [0.1, 0.15) is 17.6 Å². The molecule has 1 fully saturated rings. The van der Waals surface area contributed by atoms with Gasteiger partial charge in [0.2, 0.25) is 0 Å². The van der Waals surface area contributed by atoms with Crippen molar-refractivity contribution >= 4 is 0 Å². The van der Waals surface area contributed by atoms with E-state index in [4.69, 9.17) is 18.9 Å². The molecule has 1 saturated heterocycles. The first-order valence-electron chi connectivity index (χ1n) is 5.69. The first-order valence-corrected chi connectivity index (χ1v) is 5.69. The Hall–Kier alpha value is -1.26. The van der Waals surface area contributed by atoms with Crippen molar-refractivity contribution in [3.8, 4) is 11.5 Å². The third-order valence-electron chi connectivity index (χ3n) is 2.81. The van der Waals surface area contributed by atoms with Gasteiger partial charge in [0.15, 0.2) is 0 Å². The van der Waals surface area contributed by atoms with E-state index < -0.39 is 0 Å². The molecule has 17 heavy (non-hydrogen) atoms. The molecule has 2 atom stereocenters. The van der Waals surface area contributed by atoms with Crippen LogP contribution in [0.3, 0.4) is 0 Å². The smallest absolute Gasteiger partial charge is 0.128 e. The molecule has 2 unspecified atom stereocenters. The Bertz CT molecular complexity index is 374. The molecule has 1 aromatic rings. The highest BCUT2D eigenvalue weighted by atomic mass is 16.6. The molecule has 1 aliphatic rings. The second kappa shape index (κ2) is 5.38. The second-order valence-corrected chi connectivity index (χ2v) is 4.04. The number of methoxy groups -OCH3 is 2. The Morgan fingerprint density at radius 2 is 2.12 bits per heavy atom. The molecule has 1 aliphatic heterocycles. The molecule has 0 aromatic heterocycles. The predicted octanol–water partition coefficient (Wildman–Crippen LogP) is 2.18. The largest absolute Gasteiger partial charge is 0.497 e. The molecule has 0 saturated carbocycles. The second-order valence-electron chi connectivity index (χ2n) is 4.04. The maximum Gasteiger partial charge on any atom is 0.128 e. The number of ether oxygens (including phenoxy) is 4. The summed E-state index contributed by atoms with van der Waals surface area (Å²) in [4.78, 5) is 0. The van der Waals surface area contributed by atoms with E-state index in [1.54, 1.807) is 14.2 Å². The molecule has 1 heterocycles. The van der Waals surface area contributed by atoms with Crippen molar-refractivity contribution in [2.75, 3.05) is 27.4 Å². The van der Waals surface area contributed by atoms with Crippen LogP contribution in [0.1, 0.15) is 18.6 Å². The van der Waals surface area contributed by atoms with Gasteiger partial charge in [-0.2, -0.15) is 0 Å². The summed E-state index contributed by atoms with van der Waals surface area (Å²) in [5.74, 6) is 1.57. The first kappa shape index (κ1) is 12.2. The standard InChI is InChI=1S/C13H18O4/c1-9(16-7-11-8-17-11)12-5-4-10(14-2)6-13(12)15-3/h4-6,9,11H,7-8H2,1-3H3. The average Bonchev–Trinajstić information content (AvgIpc) is 3.19. The lowest BCUT2D eigenvalue weighted by molar-refractivity contribution is 0.0524. The SMILES string of the molecule is COc1ccc(C(C)OCC2CO2)c(OC)c1. The van der Waals surface area contributed by atoms with Gasteiger partial charge in [-0.05, 0) is 19.1 Å². The minimum absolute atomic E-state index is 0.0138. The fraction of sp³-hybridized carbons (Fsp3) is 0.538. The number of benzene rings is 1. The van der Waals surface area contributed by atoms with E-state index in [0.29, 0.717) is 6.61 Å². The first-order chi connectivity index (χ1) is 8.24. The van der Waals surface area contributed by atoms with E-state index in [9.17, 15) is 0 Å². The molecule has 2 rings (SSSR count). The molecular weight excluding hydrogens is 220 g/mol. The third-order valence-corrected chi connectivity index (χ3v) is 2.81. The van der Waals surface area contributed by atoms with Crippen LogP contribution in [0.2, 0.25) is 0 Å². The van der Waals surface area contributed by atoms with Crippen LogP contribution in [-0.2, 0) is 9.47 Å². The summed E-state index contributed by atoms with van der Waals surface area (Å²) in [7, 11) is 3.29. The van der Waals surface area contributed by atoms with Gasteiger partial charge in [-0.1, -0.05) is 0 Å². The maximum absolute atomic E-state index is 5.72. The van der Waals surface area contributed by atoms with E-state index >= 15 is 0 Å². The van der Waals surface area contributed by atoms with Crippen molar-refractivity contribution < 1.29 is 18.9 Å². The molecule has 1 aromatic carbocycles. The predicted molar refractivity (Wildman–Crippen MR) is 63.7 cm³/mol. The van der Waals surface area contributed by atoms with Crippen LogP contribution < -0.4 is 9.47 Å². The molecule has 0 amide bonds. The van der Waals surface area contributed by atoms with Gasteiger partial charge < -0.3 is 18.9 Å². The zero-order chi connectivity index (χ0) is 12.3. The maximum atomic E-state index is 5.72. The van der Waals surface area contributed by atoms with Crippen LogP contribution in [0, 0.1) is 0 Å². The van der Waals surface area contributed by atoms with E-state index in [2.05, 4.69) is 0 Å². The highest BCUT2D eigenvalue weighted by molar-refractivity contribution is 5.41. The number of rotatable bonds is 6. The van der Waals surface area contributed by atoms with E-state index in [1.165, 1.54) is 0 Å². The molecule has 0 aliphatic carbocycles. The number of hydrogen-bond acceptors (Lipinski definition) is 4. The van der Waals surface area contributed by atoms with Gasteiger partial charge >= 0.3 is 0 Å². The Morgan fingerprint density at radius 3 is 2.71 bits per heavy atom. The molecule has 4 nitrogen and oxygen atoms in total. The Balaban J connectivity index is 2.06. The van der Waals surface area contributed by atoms with E-state index in [-0.39, 0.29) is 12.2 Å². The monoisotopic (exact) mass is 238 g/mol. The quantitative estimate of drug-likeness (QED) is 0.712. The number of epoxide rings is 1. The summed E-state index contributed by atoms with van der Waals surface area (Å²) in [5, 5.41) is 0.